The number of rotatable bonds is 5. The number of esters is 1. The lowest BCUT2D eigenvalue weighted by molar-refractivity contribution is -0.141. The summed E-state index contributed by atoms with van der Waals surface area (Å²) in [6.07, 6.45) is 3.29. The van der Waals surface area contributed by atoms with E-state index in [1.807, 2.05) is 0 Å². The van der Waals surface area contributed by atoms with Crippen LogP contribution in [-0.2, 0) is 14.3 Å². The first-order chi connectivity index (χ1) is 7.17. The van der Waals surface area contributed by atoms with E-state index in [1.165, 1.54) is 7.11 Å². The summed E-state index contributed by atoms with van der Waals surface area (Å²) in [5.74, 6) is -0.236. The molecule has 0 aromatic heterocycles. The van der Waals surface area contributed by atoms with Gasteiger partial charge in [-0.3, -0.25) is 4.79 Å². The molecule has 4 nitrogen and oxygen atoms in total. The molecule has 15 heavy (non-hydrogen) atoms. The summed E-state index contributed by atoms with van der Waals surface area (Å²) < 4.78 is 10.1. The zero-order valence-electron chi connectivity index (χ0n) is 9.02. The normalized spacial score (nSPS) is 30.1. The molecule has 4 heteroatoms. The van der Waals surface area contributed by atoms with E-state index in [0.717, 1.165) is 0 Å². The maximum atomic E-state index is 10.9. The van der Waals surface area contributed by atoms with Crippen molar-refractivity contribution >= 4 is 5.97 Å². The van der Waals surface area contributed by atoms with Gasteiger partial charge in [-0.05, 0) is 12.8 Å². The Morgan fingerprint density at radius 1 is 1.73 bits per heavy atom. The number of carbonyl (C=O) groups is 1. The SMILES string of the molecule is C=CC[C@@H]1O[C@@H](CCC(=O)OC)C[C@H]1O. The molecule has 0 aliphatic carbocycles. The summed E-state index contributed by atoms with van der Waals surface area (Å²) in [5.41, 5.74) is 0. The molecule has 1 rings (SSSR count). The Morgan fingerprint density at radius 3 is 3.07 bits per heavy atom. The fraction of sp³-hybridized carbons (Fsp3) is 0.727. The number of hydrogen-bond acceptors (Lipinski definition) is 4. The van der Waals surface area contributed by atoms with Crippen molar-refractivity contribution in [3.8, 4) is 0 Å². The van der Waals surface area contributed by atoms with Crippen LogP contribution in [0.5, 0.6) is 0 Å². The topological polar surface area (TPSA) is 55.8 Å². The van der Waals surface area contributed by atoms with Gasteiger partial charge in [-0.2, -0.15) is 0 Å². The van der Waals surface area contributed by atoms with E-state index in [2.05, 4.69) is 11.3 Å². The number of aliphatic hydroxyl groups is 1. The van der Waals surface area contributed by atoms with Gasteiger partial charge in [-0.1, -0.05) is 6.08 Å². The largest absolute Gasteiger partial charge is 0.469 e. The van der Waals surface area contributed by atoms with Crippen LogP contribution in [0.3, 0.4) is 0 Å². The second kappa shape index (κ2) is 5.88. The highest BCUT2D eigenvalue weighted by molar-refractivity contribution is 5.69. The third-order valence-corrected chi connectivity index (χ3v) is 2.60. The standard InChI is InChI=1S/C11H18O4/c1-3-4-10-9(12)7-8(15-10)5-6-11(13)14-2/h3,8-10,12H,1,4-7H2,2H3/t8-,9+,10-/m0/s1. The molecule has 0 amide bonds. The van der Waals surface area contributed by atoms with Crippen molar-refractivity contribution in [2.24, 2.45) is 0 Å². The van der Waals surface area contributed by atoms with Crippen molar-refractivity contribution in [2.75, 3.05) is 7.11 Å². The Morgan fingerprint density at radius 2 is 2.47 bits per heavy atom. The Bertz CT molecular complexity index is 227. The van der Waals surface area contributed by atoms with Gasteiger partial charge in [-0.25, -0.2) is 0 Å². The van der Waals surface area contributed by atoms with E-state index >= 15 is 0 Å². The smallest absolute Gasteiger partial charge is 0.305 e. The van der Waals surface area contributed by atoms with Crippen molar-refractivity contribution in [3.05, 3.63) is 12.7 Å². The molecule has 0 aromatic carbocycles. The molecule has 1 saturated heterocycles. The summed E-state index contributed by atoms with van der Waals surface area (Å²) >= 11 is 0. The van der Waals surface area contributed by atoms with Crippen LogP contribution in [0.4, 0.5) is 0 Å². The van der Waals surface area contributed by atoms with Gasteiger partial charge in [0.25, 0.3) is 0 Å². The molecule has 1 N–H and O–H groups in total. The Hall–Kier alpha value is -0.870. The summed E-state index contributed by atoms with van der Waals surface area (Å²) in [4.78, 5) is 10.9. The van der Waals surface area contributed by atoms with Crippen LogP contribution in [0, 0.1) is 0 Å². The number of hydrogen-bond donors (Lipinski definition) is 1. The van der Waals surface area contributed by atoms with Gasteiger partial charge in [0, 0.05) is 12.8 Å². The van der Waals surface area contributed by atoms with Gasteiger partial charge in [0.2, 0.25) is 0 Å². The molecular weight excluding hydrogens is 196 g/mol. The fourth-order valence-electron chi connectivity index (χ4n) is 1.76. The van der Waals surface area contributed by atoms with Crippen molar-refractivity contribution < 1.29 is 19.4 Å². The first kappa shape index (κ1) is 12.2. The van der Waals surface area contributed by atoms with Crippen LogP contribution < -0.4 is 0 Å². The monoisotopic (exact) mass is 214 g/mol. The van der Waals surface area contributed by atoms with Crippen molar-refractivity contribution in [1.29, 1.82) is 0 Å². The predicted octanol–water partition coefficient (Wildman–Crippen LogP) is 1.03. The minimum Gasteiger partial charge on any atom is -0.469 e. The van der Waals surface area contributed by atoms with E-state index in [9.17, 15) is 9.90 Å². The highest BCUT2D eigenvalue weighted by Gasteiger charge is 2.32. The first-order valence-electron chi connectivity index (χ1n) is 5.18. The minimum absolute atomic E-state index is 0.0379. The van der Waals surface area contributed by atoms with E-state index in [-0.39, 0.29) is 18.2 Å². The molecule has 3 atom stereocenters. The maximum Gasteiger partial charge on any atom is 0.305 e. The van der Waals surface area contributed by atoms with Gasteiger partial charge < -0.3 is 14.6 Å². The molecule has 1 fully saturated rings. The zero-order valence-corrected chi connectivity index (χ0v) is 9.02. The fourth-order valence-corrected chi connectivity index (χ4v) is 1.76. The van der Waals surface area contributed by atoms with Crippen LogP contribution in [0.25, 0.3) is 0 Å². The van der Waals surface area contributed by atoms with Gasteiger partial charge in [0.05, 0.1) is 25.4 Å². The molecule has 86 valence electrons. The second-order valence-electron chi connectivity index (χ2n) is 3.74. The van der Waals surface area contributed by atoms with Crippen molar-refractivity contribution in [2.45, 2.75) is 44.0 Å². The second-order valence-corrected chi connectivity index (χ2v) is 3.74. The van der Waals surface area contributed by atoms with Gasteiger partial charge in [-0.15, -0.1) is 6.58 Å². The van der Waals surface area contributed by atoms with Gasteiger partial charge in [0.1, 0.15) is 0 Å². The molecule has 0 unspecified atom stereocenters. The summed E-state index contributed by atoms with van der Waals surface area (Å²) in [6, 6.07) is 0. The lowest BCUT2D eigenvalue weighted by atomic mass is 10.1. The molecule has 0 spiro atoms. The Labute approximate surface area is 89.9 Å². The third-order valence-electron chi connectivity index (χ3n) is 2.60. The lowest BCUT2D eigenvalue weighted by Crippen LogP contribution is -2.19. The third kappa shape index (κ3) is 3.64. The minimum atomic E-state index is -0.439. The van der Waals surface area contributed by atoms with Gasteiger partial charge in [0.15, 0.2) is 0 Å². The van der Waals surface area contributed by atoms with E-state index < -0.39 is 6.10 Å². The van der Waals surface area contributed by atoms with Crippen LogP contribution in [0.1, 0.15) is 25.7 Å². The quantitative estimate of drug-likeness (QED) is 0.548. The van der Waals surface area contributed by atoms with E-state index in [0.29, 0.717) is 25.7 Å². The number of methoxy groups -OCH3 is 1. The van der Waals surface area contributed by atoms with Crippen LogP contribution >= 0.6 is 0 Å². The number of aliphatic hydroxyl groups excluding tert-OH is 1. The van der Waals surface area contributed by atoms with Crippen molar-refractivity contribution in [3.63, 3.8) is 0 Å². The molecule has 0 radical (unpaired) electrons. The van der Waals surface area contributed by atoms with Gasteiger partial charge >= 0.3 is 5.97 Å². The average Bonchev–Trinajstić information content (AvgIpc) is 2.57. The highest BCUT2D eigenvalue weighted by atomic mass is 16.5. The molecule has 1 heterocycles. The van der Waals surface area contributed by atoms with Crippen molar-refractivity contribution in [1.82, 2.24) is 0 Å². The molecule has 0 bridgehead atoms. The zero-order chi connectivity index (χ0) is 11.3. The molecule has 0 aromatic rings. The lowest BCUT2D eigenvalue weighted by Gasteiger charge is -2.12. The first-order valence-corrected chi connectivity index (χ1v) is 5.18. The molecular formula is C11H18O4. The maximum absolute atomic E-state index is 10.9. The van der Waals surface area contributed by atoms with Crippen LogP contribution in [0.15, 0.2) is 12.7 Å². The number of ether oxygens (including phenoxy) is 2. The summed E-state index contributed by atoms with van der Waals surface area (Å²) in [7, 11) is 1.37. The average molecular weight is 214 g/mol. The summed E-state index contributed by atoms with van der Waals surface area (Å²) in [6.45, 7) is 3.61. The predicted molar refractivity (Wildman–Crippen MR) is 55.3 cm³/mol. The number of carbonyl (C=O) groups excluding carboxylic acids is 1. The molecule has 1 aliphatic rings. The van der Waals surface area contributed by atoms with Crippen LogP contribution in [0.2, 0.25) is 0 Å². The van der Waals surface area contributed by atoms with E-state index in [1.54, 1.807) is 6.08 Å². The molecule has 1 aliphatic heterocycles. The van der Waals surface area contributed by atoms with E-state index in [4.69, 9.17) is 4.74 Å². The Kier molecular flexibility index (Phi) is 4.78. The Balaban J connectivity index is 2.28. The summed E-state index contributed by atoms with van der Waals surface area (Å²) in [5, 5.41) is 9.62. The highest BCUT2D eigenvalue weighted by Crippen LogP contribution is 2.25. The van der Waals surface area contributed by atoms with Crippen LogP contribution in [-0.4, -0.2) is 36.5 Å². The molecule has 0 saturated carbocycles.